The van der Waals surface area contributed by atoms with Crippen LogP contribution in [0.1, 0.15) is 46.0 Å². The van der Waals surface area contributed by atoms with Crippen LogP contribution in [0.4, 0.5) is 18.0 Å². The van der Waals surface area contributed by atoms with Gasteiger partial charge in [-0.05, 0) is 33.1 Å². The van der Waals surface area contributed by atoms with E-state index in [1.54, 1.807) is 0 Å². The number of nitrogens with one attached hydrogen (secondary N) is 1. The minimum Gasteiger partial charge on any atom is -0.458 e. The average Bonchev–Trinajstić information content (AvgIpc) is 2.61. The van der Waals surface area contributed by atoms with Crippen LogP contribution in [0.15, 0.2) is 24.3 Å². The fourth-order valence-electron chi connectivity index (χ4n) is 1.84. The second-order valence-electron chi connectivity index (χ2n) is 6.18. The first-order chi connectivity index (χ1) is 13.4. The maximum atomic E-state index is 11.9. The summed E-state index contributed by atoms with van der Waals surface area (Å²) in [6.07, 6.45) is 1.08. The van der Waals surface area contributed by atoms with E-state index in [9.17, 15) is 27.6 Å². The highest BCUT2D eigenvalue weighted by Gasteiger charge is 2.30. The molecule has 0 aromatic heterocycles. The van der Waals surface area contributed by atoms with Crippen LogP contribution in [0.5, 0.6) is 0 Å². The third-order valence-corrected chi connectivity index (χ3v) is 3.77. The lowest BCUT2D eigenvalue weighted by atomic mass is 10.1. The van der Waals surface area contributed by atoms with E-state index in [0.717, 1.165) is 0 Å². The normalized spacial score (nSPS) is 11.9. The van der Waals surface area contributed by atoms with Gasteiger partial charge in [0.15, 0.2) is 0 Å². The number of rotatable bonds is 13. The van der Waals surface area contributed by atoms with Gasteiger partial charge in [-0.2, -0.15) is 13.2 Å². The van der Waals surface area contributed by atoms with Crippen molar-refractivity contribution in [2.24, 2.45) is 0 Å². The standard InChI is InChI=1S/C18H26F3NO6S/c1-12(2)15(23)27-11-14(28-16(24)13(3)4)9-7-5-6-8-10-26-17(25)22-29-18(19,20)21/h14H,1,3,5-11H2,2,4H3,(H,22,25). The van der Waals surface area contributed by atoms with Crippen molar-refractivity contribution < 1.29 is 41.8 Å². The zero-order chi connectivity index (χ0) is 22.4. The minimum absolute atomic E-state index is 0.0193. The molecule has 0 aromatic carbocycles. The number of carbonyl (C=O) groups excluding carboxylic acids is 3. The SMILES string of the molecule is C=C(C)C(=O)OCC(CCCCCCOC(=O)NSC(F)(F)F)OC(=O)C(=C)C. The molecule has 29 heavy (non-hydrogen) atoms. The Labute approximate surface area is 172 Å². The van der Waals surface area contributed by atoms with Gasteiger partial charge in [-0.1, -0.05) is 26.0 Å². The first kappa shape index (κ1) is 26.8. The topological polar surface area (TPSA) is 90.9 Å². The molecule has 0 saturated heterocycles. The number of amides is 1. The molecule has 1 atom stereocenters. The predicted octanol–water partition coefficient (Wildman–Crippen LogP) is 4.44. The molecule has 0 heterocycles. The molecule has 0 aliphatic heterocycles. The Balaban J connectivity index is 4.09. The molecule has 7 nitrogen and oxygen atoms in total. The lowest BCUT2D eigenvalue weighted by Crippen LogP contribution is -2.25. The number of unbranched alkanes of at least 4 members (excludes halogenated alkanes) is 3. The lowest BCUT2D eigenvalue weighted by Gasteiger charge is -2.18. The predicted molar refractivity (Wildman–Crippen MR) is 102 cm³/mol. The molecule has 0 bridgehead atoms. The molecule has 1 N–H and O–H groups in total. The number of halogens is 3. The monoisotopic (exact) mass is 441 g/mol. The van der Waals surface area contributed by atoms with Gasteiger partial charge >= 0.3 is 23.5 Å². The quantitative estimate of drug-likeness (QED) is 0.149. The Morgan fingerprint density at radius 1 is 0.966 bits per heavy atom. The van der Waals surface area contributed by atoms with E-state index in [-0.39, 0.29) is 24.4 Å². The number of hydrogen-bond acceptors (Lipinski definition) is 7. The Morgan fingerprint density at radius 3 is 2.10 bits per heavy atom. The smallest absolute Gasteiger partial charge is 0.458 e. The molecule has 1 unspecified atom stereocenters. The molecule has 0 spiro atoms. The highest BCUT2D eigenvalue weighted by Crippen LogP contribution is 2.27. The molecule has 11 heteroatoms. The van der Waals surface area contributed by atoms with Crippen LogP contribution in [0.25, 0.3) is 0 Å². The molecular formula is C18H26F3NO6S. The molecule has 0 radical (unpaired) electrons. The van der Waals surface area contributed by atoms with Gasteiger partial charge < -0.3 is 14.2 Å². The Bertz CT molecular complexity index is 595. The van der Waals surface area contributed by atoms with Crippen molar-refractivity contribution in [2.75, 3.05) is 13.2 Å². The Hall–Kier alpha value is -2.17. The summed E-state index contributed by atoms with van der Waals surface area (Å²) in [5, 5.41) is 0. The summed E-state index contributed by atoms with van der Waals surface area (Å²) in [6, 6.07) is 0. The van der Waals surface area contributed by atoms with E-state index >= 15 is 0 Å². The summed E-state index contributed by atoms with van der Waals surface area (Å²) in [5.74, 6) is -1.17. The number of alkyl halides is 3. The molecule has 0 saturated carbocycles. The molecule has 0 fully saturated rings. The Morgan fingerprint density at radius 2 is 1.55 bits per heavy atom. The van der Waals surface area contributed by atoms with E-state index in [1.165, 1.54) is 18.6 Å². The van der Waals surface area contributed by atoms with E-state index in [1.807, 2.05) is 0 Å². The van der Waals surface area contributed by atoms with E-state index in [2.05, 4.69) is 17.9 Å². The van der Waals surface area contributed by atoms with Crippen molar-refractivity contribution in [1.82, 2.24) is 4.72 Å². The third-order valence-electron chi connectivity index (χ3n) is 3.27. The van der Waals surface area contributed by atoms with Gasteiger partial charge in [-0.15, -0.1) is 0 Å². The van der Waals surface area contributed by atoms with Crippen molar-refractivity contribution in [1.29, 1.82) is 0 Å². The fraction of sp³-hybridized carbons (Fsp3) is 0.611. The minimum atomic E-state index is -4.57. The van der Waals surface area contributed by atoms with Gasteiger partial charge in [0.05, 0.1) is 18.6 Å². The highest BCUT2D eigenvalue weighted by atomic mass is 32.2. The molecule has 0 aliphatic carbocycles. The highest BCUT2D eigenvalue weighted by molar-refractivity contribution is 7.98. The zero-order valence-corrected chi connectivity index (χ0v) is 17.2. The van der Waals surface area contributed by atoms with Gasteiger partial charge in [-0.3, -0.25) is 4.72 Å². The zero-order valence-electron chi connectivity index (χ0n) is 16.4. The van der Waals surface area contributed by atoms with E-state index in [4.69, 9.17) is 9.47 Å². The summed E-state index contributed by atoms with van der Waals surface area (Å²) >= 11 is -0.682. The summed E-state index contributed by atoms with van der Waals surface area (Å²) < 4.78 is 52.1. The summed E-state index contributed by atoms with van der Waals surface area (Å²) in [4.78, 5) is 34.2. The summed E-state index contributed by atoms with van der Waals surface area (Å²) in [5.41, 5.74) is -4.12. The van der Waals surface area contributed by atoms with Crippen LogP contribution in [0, 0.1) is 0 Å². The average molecular weight is 441 g/mol. The van der Waals surface area contributed by atoms with Gasteiger partial charge in [0, 0.05) is 11.1 Å². The second-order valence-corrected chi connectivity index (χ2v) is 7.05. The first-order valence-corrected chi connectivity index (χ1v) is 9.60. The number of hydrogen-bond donors (Lipinski definition) is 1. The maximum Gasteiger partial charge on any atom is 0.461 e. The van der Waals surface area contributed by atoms with Crippen LogP contribution in [-0.2, 0) is 23.8 Å². The van der Waals surface area contributed by atoms with Crippen LogP contribution >= 0.6 is 11.9 Å². The van der Waals surface area contributed by atoms with Gasteiger partial charge in [0.2, 0.25) is 0 Å². The van der Waals surface area contributed by atoms with Gasteiger partial charge in [0.1, 0.15) is 12.7 Å². The summed E-state index contributed by atoms with van der Waals surface area (Å²) in [6.45, 7) is 9.84. The molecule has 1 amide bonds. The maximum absolute atomic E-state index is 11.9. The second kappa shape index (κ2) is 13.9. The molecular weight excluding hydrogens is 415 g/mol. The molecule has 0 aliphatic rings. The van der Waals surface area contributed by atoms with E-state index < -0.39 is 41.6 Å². The van der Waals surface area contributed by atoms with Crippen molar-refractivity contribution in [2.45, 2.75) is 57.6 Å². The van der Waals surface area contributed by atoms with Gasteiger partial charge in [-0.25, -0.2) is 14.4 Å². The molecule has 0 rings (SSSR count). The fourth-order valence-corrected chi connectivity index (χ4v) is 2.10. The van der Waals surface area contributed by atoms with Crippen LogP contribution in [0.3, 0.4) is 0 Å². The first-order valence-electron chi connectivity index (χ1n) is 8.79. The van der Waals surface area contributed by atoms with Gasteiger partial charge in [0.25, 0.3) is 0 Å². The number of esters is 2. The third kappa shape index (κ3) is 15.4. The Kier molecular flexibility index (Phi) is 12.9. The van der Waals surface area contributed by atoms with Crippen LogP contribution < -0.4 is 4.72 Å². The van der Waals surface area contributed by atoms with Crippen LogP contribution in [0.2, 0.25) is 0 Å². The van der Waals surface area contributed by atoms with Crippen molar-refractivity contribution >= 4 is 30.0 Å². The summed E-state index contributed by atoms with van der Waals surface area (Å²) in [7, 11) is 0. The van der Waals surface area contributed by atoms with Crippen molar-refractivity contribution in [3.8, 4) is 0 Å². The van der Waals surface area contributed by atoms with Crippen LogP contribution in [-0.4, -0.2) is 42.9 Å². The van der Waals surface area contributed by atoms with Crippen molar-refractivity contribution in [3.05, 3.63) is 24.3 Å². The number of ether oxygens (including phenoxy) is 3. The molecule has 166 valence electrons. The number of carbonyl (C=O) groups is 3. The largest absolute Gasteiger partial charge is 0.461 e. The lowest BCUT2D eigenvalue weighted by molar-refractivity contribution is -0.154. The van der Waals surface area contributed by atoms with E-state index in [0.29, 0.717) is 32.1 Å². The molecule has 0 aromatic rings. The van der Waals surface area contributed by atoms with Crippen molar-refractivity contribution in [3.63, 3.8) is 0 Å².